The fourth-order valence-corrected chi connectivity index (χ4v) is 3.07. The van der Waals surface area contributed by atoms with Crippen molar-refractivity contribution in [2.24, 2.45) is 18.4 Å². The summed E-state index contributed by atoms with van der Waals surface area (Å²) in [4.78, 5) is 0. The molecule has 0 saturated heterocycles. The van der Waals surface area contributed by atoms with Gasteiger partial charge in [-0.3, -0.25) is 4.68 Å². The largest absolute Gasteiger partial charge is 0.273 e. The zero-order valence-electron chi connectivity index (χ0n) is 11.5. The van der Waals surface area contributed by atoms with Crippen molar-refractivity contribution in [2.45, 2.75) is 51.9 Å². The predicted octanol–water partition coefficient (Wildman–Crippen LogP) is 3.46. The Labute approximate surface area is 110 Å². The summed E-state index contributed by atoms with van der Waals surface area (Å²) in [5.41, 5.74) is 1.16. The average Bonchev–Trinajstić information content (AvgIpc) is 2.83. The third-order valence-corrected chi connectivity index (χ3v) is 4.66. The fourth-order valence-electron chi connectivity index (χ4n) is 3.07. The van der Waals surface area contributed by atoms with E-state index in [1.165, 1.54) is 25.0 Å². The van der Waals surface area contributed by atoms with Crippen molar-refractivity contribution in [3.05, 3.63) is 18.0 Å². The Morgan fingerprint density at radius 3 is 2.72 bits per heavy atom. The van der Waals surface area contributed by atoms with Crippen LogP contribution in [0.15, 0.2) is 12.3 Å². The molecule has 98 valence electrons. The van der Waals surface area contributed by atoms with Gasteiger partial charge in [0.05, 0.1) is 11.5 Å². The Hall–Kier alpha value is -1.30. The highest BCUT2D eigenvalue weighted by Crippen LogP contribution is 2.42. The molecule has 0 N–H and O–H groups in total. The van der Waals surface area contributed by atoms with Crippen molar-refractivity contribution < 1.29 is 0 Å². The molecule has 1 aromatic heterocycles. The van der Waals surface area contributed by atoms with Crippen LogP contribution in [-0.4, -0.2) is 9.78 Å². The summed E-state index contributed by atoms with van der Waals surface area (Å²) < 4.78 is 1.92. The Morgan fingerprint density at radius 1 is 1.50 bits per heavy atom. The summed E-state index contributed by atoms with van der Waals surface area (Å²) in [6.45, 7) is 2.26. The van der Waals surface area contributed by atoms with Gasteiger partial charge in [0.2, 0.25) is 0 Å². The Balaban J connectivity index is 1.94. The van der Waals surface area contributed by atoms with Gasteiger partial charge in [-0.15, -0.1) is 0 Å². The third-order valence-electron chi connectivity index (χ3n) is 4.66. The lowest BCUT2D eigenvalue weighted by Gasteiger charge is -2.34. The predicted molar refractivity (Wildman–Crippen MR) is 71.8 cm³/mol. The number of hydrogen-bond acceptors (Lipinski definition) is 2. The summed E-state index contributed by atoms with van der Waals surface area (Å²) in [6, 6.07) is 4.67. The summed E-state index contributed by atoms with van der Waals surface area (Å²) in [7, 11) is 1.97. The first-order chi connectivity index (χ1) is 8.69. The van der Waals surface area contributed by atoms with Gasteiger partial charge in [-0.25, -0.2) is 0 Å². The van der Waals surface area contributed by atoms with Crippen LogP contribution in [0.2, 0.25) is 0 Å². The number of aryl methyl sites for hydroxylation is 2. The Kier molecular flexibility index (Phi) is 4.06. The van der Waals surface area contributed by atoms with E-state index in [0.717, 1.165) is 31.6 Å². The fraction of sp³-hybridized carbons (Fsp3) is 0.733. The zero-order chi connectivity index (χ0) is 13.0. The van der Waals surface area contributed by atoms with Crippen LogP contribution >= 0.6 is 0 Å². The standard InChI is InChI=1S/C15H23N3/c1-3-13-4-8-15(12-16,9-5-13)10-6-14-7-11-17-18(14)2/h7,11,13H,3-6,8-10H2,1-2H3. The molecule has 0 spiro atoms. The van der Waals surface area contributed by atoms with Crippen LogP contribution in [-0.2, 0) is 13.5 Å². The van der Waals surface area contributed by atoms with E-state index < -0.39 is 0 Å². The highest BCUT2D eigenvalue weighted by molar-refractivity contribution is 5.06. The Bertz CT molecular complexity index is 419. The molecule has 3 heteroatoms. The topological polar surface area (TPSA) is 41.6 Å². The molecule has 1 fully saturated rings. The molecule has 1 saturated carbocycles. The molecule has 0 aromatic carbocycles. The quantitative estimate of drug-likeness (QED) is 0.815. The van der Waals surface area contributed by atoms with Gasteiger partial charge in [0.15, 0.2) is 0 Å². The number of nitriles is 1. The van der Waals surface area contributed by atoms with Crippen LogP contribution in [0.3, 0.4) is 0 Å². The summed E-state index contributed by atoms with van der Waals surface area (Å²) in [6.07, 6.45) is 9.69. The minimum absolute atomic E-state index is 0.0735. The molecule has 0 atom stereocenters. The maximum Gasteiger partial charge on any atom is 0.0689 e. The highest BCUT2D eigenvalue weighted by Gasteiger charge is 2.34. The molecule has 1 aliphatic rings. The smallest absolute Gasteiger partial charge is 0.0689 e. The van der Waals surface area contributed by atoms with Gasteiger partial charge in [-0.2, -0.15) is 10.4 Å². The molecule has 0 amide bonds. The van der Waals surface area contributed by atoms with Gasteiger partial charge in [-0.05, 0) is 50.5 Å². The molecule has 3 nitrogen and oxygen atoms in total. The number of aromatic nitrogens is 2. The second-order valence-corrected chi connectivity index (χ2v) is 5.69. The Morgan fingerprint density at radius 2 is 2.22 bits per heavy atom. The second-order valence-electron chi connectivity index (χ2n) is 5.69. The molecule has 1 heterocycles. The summed E-state index contributed by atoms with van der Waals surface area (Å²) >= 11 is 0. The molecule has 0 radical (unpaired) electrons. The van der Waals surface area contributed by atoms with E-state index >= 15 is 0 Å². The van der Waals surface area contributed by atoms with E-state index in [1.807, 2.05) is 17.9 Å². The molecule has 1 aromatic rings. The van der Waals surface area contributed by atoms with Crippen molar-refractivity contribution >= 4 is 0 Å². The van der Waals surface area contributed by atoms with Gasteiger partial charge in [0.25, 0.3) is 0 Å². The molecular formula is C15H23N3. The summed E-state index contributed by atoms with van der Waals surface area (Å²) in [5.74, 6) is 0.850. The maximum atomic E-state index is 9.53. The average molecular weight is 245 g/mol. The van der Waals surface area contributed by atoms with E-state index in [2.05, 4.69) is 24.2 Å². The lowest BCUT2D eigenvalue weighted by molar-refractivity contribution is 0.193. The molecule has 2 rings (SSSR count). The lowest BCUT2D eigenvalue weighted by atomic mass is 9.68. The van der Waals surface area contributed by atoms with Crippen molar-refractivity contribution in [2.75, 3.05) is 0 Å². The first kappa shape index (κ1) is 13.1. The van der Waals surface area contributed by atoms with Crippen LogP contribution in [0, 0.1) is 22.7 Å². The normalized spacial score (nSPS) is 27.9. The van der Waals surface area contributed by atoms with Gasteiger partial charge in [0, 0.05) is 18.9 Å². The molecule has 18 heavy (non-hydrogen) atoms. The highest BCUT2D eigenvalue weighted by atomic mass is 15.2. The van der Waals surface area contributed by atoms with Crippen LogP contribution in [0.4, 0.5) is 0 Å². The van der Waals surface area contributed by atoms with E-state index in [1.54, 1.807) is 0 Å². The molecular weight excluding hydrogens is 222 g/mol. The van der Waals surface area contributed by atoms with E-state index in [0.29, 0.717) is 0 Å². The molecule has 0 aliphatic heterocycles. The van der Waals surface area contributed by atoms with E-state index in [9.17, 15) is 5.26 Å². The van der Waals surface area contributed by atoms with Crippen molar-refractivity contribution in [1.29, 1.82) is 5.26 Å². The molecule has 0 unspecified atom stereocenters. The van der Waals surface area contributed by atoms with Gasteiger partial charge in [0.1, 0.15) is 0 Å². The number of rotatable bonds is 4. The lowest BCUT2D eigenvalue weighted by Crippen LogP contribution is -2.26. The monoisotopic (exact) mass is 245 g/mol. The molecule has 1 aliphatic carbocycles. The third kappa shape index (κ3) is 2.75. The number of nitrogens with zero attached hydrogens (tertiary/aromatic N) is 3. The zero-order valence-corrected chi connectivity index (χ0v) is 11.5. The first-order valence-corrected chi connectivity index (χ1v) is 7.07. The minimum Gasteiger partial charge on any atom is -0.273 e. The van der Waals surface area contributed by atoms with Gasteiger partial charge >= 0.3 is 0 Å². The van der Waals surface area contributed by atoms with Gasteiger partial charge in [-0.1, -0.05) is 13.3 Å². The SMILES string of the molecule is CCC1CCC(C#N)(CCc2ccnn2C)CC1. The maximum absolute atomic E-state index is 9.53. The van der Waals surface area contributed by atoms with E-state index in [-0.39, 0.29) is 5.41 Å². The van der Waals surface area contributed by atoms with Crippen molar-refractivity contribution in [3.8, 4) is 6.07 Å². The minimum atomic E-state index is -0.0735. The summed E-state index contributed by atoms with van der Waals surface area (Å²) in [5, 5.41) is 13.7. The van der Waals surface area contributed by atoms with Crippen LogP contribution < -0.4 is 0 Å². The van der Waals surface area contributed by atoms with Crippen LogP contribution in [0.1, 0.15) is 51.1 Å². The molecule has 0 bridgehead atoms. The van der Waals surface area contributed by atoms with Crippen LogP contribution in [0.5, 0.6) is 0 Å². The van der Waals surface area contributed by atoms with Gasteiger partial charge < -0.3 is 0 Å². The van der Waals surface area contributed by atoms with E-state index in [4.69, 9.17) is 0 Å². The van der Waals surface area contributed by atoms with Crippen molar-refractivity contribution in [1.82, 2.24) is 9.78 Å². The van der Waals surface area contributed by atoms with Crippen LogP contribution in [0.25, 0.3) is 0 Å². The second kappa shape index (κ2) is 5.56. The van der Waals surface area contributed by atoms with Crippen molar-refractivity contribution in [3.63, 3.8) is 0 Å². The number of hydrogen-bond donors (Lipinski definition) is 0. The first-order valence-electron chi connectivity index (χ1n) is 7.07.